The van der Waals surface area contributed by atoms with Crippen LogP contribution < -0.4 is 14.2 Å². The predicted molar refractivity (Wildman–Crippen MR) is 193 cm³/mol. The molecule has 10 heteroatoms. The first-order valence-electron chi connectivity index (χ1n) is 15.5. The number of aromatic nitrogens is 2. The third-order valence-electron chi connectivity index (χ3n) is 9.20. The minimum absolute atomic E-state index is 0.0378. The minimum Gasteiger partial charge on any atom is -0.541 e. The molecule has 1 amide bonds. The van der Waals surface area contributed by atoms with Gasteiger partial charge in [0.05, 0.1) is 27.9 Å². The number of hydrogen-bond acceptors (Lipinski definition) is 4. The van der Waals surface area contributed by atoms with Crippen LogP contribution in [0.15, 0.2) is 60.8 Å². The van der Waals surface area contributed by atoms with Gasteiger partial charge in [-0.05, 0) is 66.4 Å². The first-order chi connectivity index (χ1) is 20.8. The molecule has 0 unspecified atom stereocenters. The summed E-state index contributed by atoms with van der Waals surface area (Å²) in [5.74, 6) is 1.49. The van der Waals surface area contributed by atoms with E-state index in [1.54, 1.807) is 12.3 Å². The molecule has 6 nitrogen and oxygen atoms in total. The number of halogens is 2. The second kappa shape index (κ2) is 13.1. The molecule has 1 N–H and O–H groups in total. The van der Waals surface area contributed by atoms with Gasteiger partial charge in [-0.1, -0.05) is 101 Å². The van der Waals surface area contributed by atoms with Crippen molar-refractivity contribution in [3.05, 3.63) is 82.1 Å². The highest BCUT2D eigenvalue weighted by Gasteiger charge is 2.42. The Morgan fingerprint density at radius 3 is 2.07 bits per heavy atom. The molecule has 0 fully saturated rings. The molecule has 0 aliphatic carbocycles. The number of hydrogen-bond donors (Lipinski definition) is 1. The van der Waals surface area contributed by atoms with E-state index in [9.17, 15) is 4.79 Å². The summed E-state index contributed by atoms with van der Waals surface area (Å²) < 4.78 is 15.4. The van der Waals surface area contributed by atoms with Crippen LogP contribution >= 0.6 is 23.2 Å². The van der Waals surface area contributed by atoms with Crippen LogP contribution in [0.25, 0.3) is 16.9 Å². The third-order valence-corrected chi connectivity index (χ3v) is 18.4. The van der Waals surface area contributed by atoms with E-state index in [4.69, 9.17) is 37.0 Å². The molecule has 0 radical (unpaired) electrons. The Labute approximate surface area is 280 Å². The van der Waals surface area contributed by atoms with Crippen molar-refractivity contribution in [1.82, 2.24) is 14.7 Å². The number of imidazole rings is 1. The molecule has 0 saturated carbocycles. The van der Waals surface area contributed by atoms with Gasteiger partial charge in [-0.15, -0.1) is 0 Å². The molecule has 45 heavy (non-hydrogen) atoms. The van der Waals surface area contributed by atoms with E-state index in [0.29, 0.717) is 34.4 Å². The lowest BCUT2D eigenvalue weighted by atomic mass is 10.1. The predicted octanol–water partition coefficient (Wildman–Crippen LogP) is 9.98. The zero-order chi connectivity index (χ0) is 33.4. The van der Waals surface area contributed by atoms with Crippen molar-refractivity contribution < 1.29 is 13.6 Å². The van der Waals surface area contributed by atoms with Crippen molar-refractivity contribution in [3.8, 4) is 22.8 Å². The number of nitrogens with zero attached hydrogens (tertiary/aromatic N) is 2. The summed E-state index contributed by atoms with van der Waals surface area (Å²) in [7, 11) is -4.22. The monoisotopic (exact) mass is 683 g/mol. The summed E-state index contributed by atoms with van der Waals surface area (Å²) in [5, 5.41) is 4.11. The van der Waals surface area contributed by atoms with Crippen molar-refractivity contribution >= 4 is 51.4 Å². The van der Waals surface area contributed by atoms with Crippen molar-refractivity contribution in [2.45, 2.75) is 90.6 Å². The van der Waals surface area contributed by atoms with E-state index < -0.39 is 16.6 Å². The molecule has 2 heterocycles. The summed E-state index contributed by atoms with van der Waals surface area (Å²) >= 11 is 12.8. The molecule has 2 aromatic carbocycles. The second-order valence-electron chi connectivity index (χ2n) is 14.8. The van der Waals surface area contributed by atoms with E-state index in [-0.39, 0.29) is 22.4 Å². The number of carbonyl (C=O) groups is 1. The van der Waals surface area contributed by atoms with Crippen LogP contribution in [0.1, 0.15) is 52.8 Å². The number of fused-ring (bicyclic) bond motifs is 1. The maximum Gasteiger partial charge on any atom is 0.250 e. The van der Waals surface area contributed by atoms with Gasteiger partial charge in [0.2, 0.25) is 5.91 Å². The van der Waals surface area contributed by atoms with E-state index in [2.05, 4.69) is 85.2 Å². The summed E-state index contributed by atoms with van der Waals surface area (Å²) in [6, 6.07) is 17.7. The Kier molecular flexibility index (Phi) is 10.2. The van der Waals surface area contributed by atoms with E-state index >= 15 is 0 Å². The zero-order valence-electron chi connectivity index (χ0n) is 28.3. The number of carbonyl (C=O) groups excluding carboxylic acids is 1. The molecular formula is C35H47Cl2N3O3Si2. The molecule has 0 bridgehead atoms. The van der Waals surface area contributed by atoms with E-state index in [1.165, 1.54) is 0 Å². The number of pyridine rings is 1. The molecule has 0 spiro atoms. The van der Waals surface area contributed by atoms with Gasteiger partial charge < -0.3 is 18.6 Å². The van der Waals surface area contributed by atoms with Crippen molar-refractivity contribution in [1.29, 1.82) is 0 Å². The first-order valence-corrected chi connectivity index (χ1v) is 22.1. The van der Waals surface area contributed by atoms with Crippen LogP contribution in [-0.4, -0.2) is 38.5 Å². The molecule has 0 atom stereocenters. The van der Waals surface area contributed by atoms with Crippen LogP contribution in [0.2, 0.25) is 46.3 Å². The highest BCUT2D eigenvalue weighted by molar-refractivity contribution is 6.75. The van der Waals surface area contributed by atoms with E-state index in [1.807, 2.05) is 40.8 Å². The standard InChI is InChI=1S/C35H47Cl2N3O3Si2/c1-34(2,3)44(7,8)42-29-17-16-24(20-30(29)43-45(9,10)35(4,5)6)18-19-38-31(41)22-28-32(25-14-12-11-13-15-25)39-33-27(37)21-26(36)23-40(28)33/h11-17,20-21,23H,18-19,22H2,1-10H3,(H,38,41). The van der Waals surface area contributed by atoms with Gasteiger partial charge in [0.1, 0.15) is 11.5 Å². The maximum absolute atomic E-state index is 13.3. The molecular weight excluding hydrogens is 637 g/mol. The number of rotatable bonds is 10. The summed E-state index contributed by atoms with van der Waals surface area (Å²) in [5.41, 5.74) is 3.99. The molecule has 4 rings (SSSR count). The van der Waals surface area contributed by atoms with Crippen LogP contribution in [0.5, 0.6) is 11.5 Å². The molecule has 0 aliphatic heterocycles. The molecule has 0 aliphatic rings. The highest BCUT2D eigenvalue weighted by Crippen LogP contribution is 2.44. The molecule has 2 aromatic heterocycles. The summed E-state index contributed by atoms with van der Waals surface area (Å²) in [4.78, 5) is 18.1. The quantitative estimate of drug-likeness (QED) is 0.169. The lowest BCUT2D eigenvalue weighted by molar-refractivity contribution is -0.120. The molecule has 242 valence electrons. The Bertz CT molecular complexity index is 1670. The van der Waals surface area contributed by atoms with Gasteiger partial charge in [0.15, 0.2) is 5.65 Å². The highest BCUT2D eigenvalue weighted by atomic mass is 35.5. The van der Waals surface area contributed by atoms with Gasteiger partial charge in [0.25, 0.3) is 16.6 Å². The number of nitrogens with one attached hydrogen (secondary N) is 1. The fraction of sp³-hybridized carbons (Fsp3) is 0.429. The first kappa shape index (κ1) is 35.1. The molecule has 0 saturated heterocycles. The fourth-order valence-electron chi connectivity index (χ4n) is 4.40. The average Bonchev–Trinajstić information content (AvgIpc) is 3.27. The van der Waals surface area contributed by atoms with Crippen molar-refractivity contribution in [3.63, 3.8) is 0 Å². The zero-order valence-corrected chi connectivity index (χ0v) is 31.8. The second-order valence-corrected chi connectivity index (χ2v) is 25.0. The minimum atomic E-state index is -2.13. The van der Waals surface area contributed by atoms with Crippen molar-refractivity contribution in [2.24, 2.45) is 0 Å². The maximum atomic E-state index is 13.3. The fourth-order valence-corrected chi connectivity index (χ4v) is 6.96. The smallest absolute Gasteiger partial charge is 0.250 e. The largest absolute Gasteiger partial charge is 0.541 e. The summed E-state index contributed by atoms with van der Waals surface area (Å²) in [6.07, 6.45) is 2.53. The third kappa shape index (κ3) is 8.14. The average molecular weight is 685 g/mol. The Morgan fingerprint density at radius 2 is 1.47 bits per heavy atom. The Balaban J connectivity index is 1.54. The van der Waals surface area contributed by atoms with Crippen LogP contribution in [0.4, 0.5) is 0 Å². The van der Waals surface area contributed by atoms with Crippen LogP contribution in [0, 0.1) is 0 Å². The van der Waals surface area contributed by atoms with Crippen molar-refractivity contribution in [2.75, 3.05) is 6.54 Å². The van der Waals surface area contributed by atoms with Gasteiger partial charge in [-0.3, -0.25) is 4.79 Å². The normalized spacial score (nSPS) is 12.8. The topological polar surface area (TPSA) is 64.9 Å². The molecule has 4 aromatic rings. The van der Waals surface area contributed by atoms with Gasteiger partial charge in [-0.25, -0.2) is 4.98 Å². The number of amides is 1. The van der Waals surface area contributed by atoms with Gasteiger partial charge in [0, 0.05) is 18.3 Å². The van der Waals surface area contributed by atoms with Crippen LogP contribution in [-0.2, 0) is 17.6 Å². The Morgan fingerprint density at radius 1 is 0.867 bits per heavy atom. The lowest BCUT2D eigenvalue weighted by Gasteiger charge is -2.39. The SMILES string of the molecule is CC(C)(C)[Si](C)(C)Oc1ccc(CCNC(=O)Cc2c(-c3ccccc3)nc3c(Cl)cc(Cl)cn23)cc1O[Si](C)(C)C(C)(C)C. The lowest BCUT2D eigenvalue weighted by Crippen LogP contribution is -2.45. The Hall–Kier alpha value is -2.79. The van der Waals surface area contributed by atoms with Gasteiger partial charge >= 0.3 is 0 Å². The van der Waals surface area contributed by atoms with Crippen LogP contribution in [0.3, 0.4) is 0 Å². The van der Waals surface area contributed by atoms with Gasteiger partial charge in [-0.2, -0.15) is 0 Å². The number of benzene rings is 2. The van der Waals surface area contributed by atoms with E-state index in [0.717, 1.165) is 28.3 Å². The summed E-state index contributed by atoms with van der Waals surface area (Å²) in [6.45, 7) is 22.9.